The van der Waals surface area contributed by atoms with Gasteiger partial charge in [-0.2, -0.15) is 0 Å². The second-order valence-corrected chi connectivity index (χ2v) is 5.69. The van der Waals surface area contributed by atoms with E-state index in [2.05, 4.69) is 10.2 Å². The Balaban J connectivity index is 1.65. The number of fused-ring (bicyclic) bond motifs is 1. The predicted molar refractivity (Wildman–Crippen MR) is 69.1 cm³/mol. The summed E-state index contributed by atoms with van der Waals surface area (Å²) in [4.78, 5) is 13.9. The lowest BCUT2D eigenvalue weighted by atomic mass is 9.99. The van der Waals surface area contributed by atoms with Gasteiger partial charge in [0.15, 0.2) is 6.61 Å². The summed E-state index contributed by atoms with van der Waals surface area (Å²) >= 11 is 1.54. The van der Waals surface area contributed by atoms with E-state index in [9.17, 15) is 4.79 Å². The van der Waals surface area contributed by atoms with Crippen LogP contribution < -0.4 is 0 Å². The van der Waals surface area contributed by atoms with Crippen molar-refractivity contribution in [1.82, 2.24) is 10.2 Å². The Labute approximate surface area is 114 Å². The Morgan fingerprint density at radius 2 is 2.26 bits per heavy atom. The number of esters is 1. The zero-order valence-electron chi connectivity index (χ0n) is 10.6. The number of thiophene rings is 1. The van der Waals surface area contributed by atoms with E-state index in [0.29, 0.717) is 16.7 Å². The van der Waals surface area contributed by atoms with Crippen molar-refractivity contribution < 1.29 is 13.9 Å². The quantitative estimate of drug-likeness (QED) is 0.808. The fraction of sp³-hybridized carbons (Fsp3) is 0.462. The number of carbonyl (C=O) groups excluding carboxylic acids is 1. The maximum atomic E-state index is 11.9. The SMILES string of the molecule is Cc1nnc(COC(=O)c2cc3c(s2)CCCC3)o1. The first kappa shape index (κ1) is 12.3. The van der Waals surface area contributed by atoms with Crippen LogP contribution in [0.25, 0.3) is 0 Å². The maximum absolute atomic E-state index is 11.9. The van der Waals surface area contributed by atoms with Crippen molar-refractivity contribution in [2.45, 2.75) is 39.2 Å². The van der Waals surface area contributed by atoms with Gasteiger partial charge in [0.1, 0.15) is 4.88 Å². The van der Waals surface area contributed by atoms with Crippen LogP contribution in [0, 0.1) is 6.92 Å². The van der Waals surface area contributed by atoms with Gasteiger partial charge in [-0.3, -0.25) is 0 Å². The number of rotatable bonds is 3. The number of hydrogen-bond donors (Lipinski definition) is 0. The molecule has 0 N–H and O–H groups in total. The van der Waals surface area contributed by atoms with E-state index in [4.69, 9.17) is 9.15 Å². The van der Waals surface area contributed by atoms with Crippen LogP contribution in [0.15, 0.2) is 10.5 Å². The molecule has 0 amide bonds. The molecule has 0 radical (unpaired) electrons. The van der Waals surface area contributed by atoms with Crippen molar-refractivity contribution in [3.63, 3.8) is 0 Å². The second-order valence-electron chi connectivity index (χ2n) is 4.56. The van der Waals surface area contributed by atoms with Crippen molar-refractivity contribution in [3.05, 3.63) is 33.2 Å². The van der Waals surface area contributed by atoms with Gasteiger partial charge in [-0.15, -0.1) is 21.5 Å². The highest BCUT2D eigenvalue weighted by molar-refractivity contribution is 7.14. The van der Waals surface area contributed by atoms with Gasteiger partial charge in [0.2, 0.25) is 5.89 Å². The highest BCUT2D eigenvalue weighted by atomic mass is 32.1. The second kappa shape index (κ2) is 5.13. The van der Waals surface area contributed by atoms with Gasteiger partial charge in [-0.25, -0.2) is 4.79 Å². The lowest BCUT2D eigenvalue weighted by Gasteiger charge is -2.08. The van der Waals surface area contributed by atoms with Crippen LogP contribution in [0.4, 0.5) is 0 Å². The van der Waals surface area contributed by atoms with Crippen molar-refractivity contribution in [3.8, 4) is 0 Å². The summed E-state index contributed by atoms with van der Waals surface area (Å²) in [6.45, 7) is 1.73. The van der Waals surface area contributed by atoms with Gasteiger partial charge < -0.3 is 9.15 Å². The van der Waals surface area contributed by atoms with Crippen LogP contribution in [-0.4, -0.2) is 16.2 Å². The molecule has 5 nitrogen and oxygen atoms in total. The monoisotopic (exact) mass is 278 g/mol. The minimum atomic E-state index is -0.310. The van der Waals surface area contributed by atoms with Gasteiger partial charge in [-0.1, -0.05) is 0 Å². The number of nitrogens with zero attached hydrogens (tertiary/aromatic N) is 2. The molecule has 2 heterocycles. The van der Waals surface area contributed by atoms with Crippen molar-refractivity contribution in [2.24, 2.45) is 0 Å². The Bertz CT molecular complexity index is 579. The molecule has 3 rings (SSSR count). The first-order chi connectivity index (χ1) is 9.22. The van der Waals surface area contributed by atoms with E-state index in [1.54, 1.807) is 18.3 Å². The zero-order valence-corrected chi connectivity index (χ0v) is 11.5. The van der Waals surface area contributed by atoms with Crippen LogP contribution >= 0.6 is 11.3 Å². The van der Waals surface area contributed by atoms with Crippen LogP contribution in [0.3, 0.4) is 0 Å². The largest absolute Gasteiger partial charge is 0.451 e. The van der Waals surface area contributed by atoms with E-state index in [-0.39, 0.29) is 12.6 Å². The van der Waals surface area contributed by atoms with Crippen LogP contribution in [0.5, 0.6) is 0 Å². The normalized spacial score (nSPS) is 14.2. The molecule has 0 bridgehead atoms. The van der Waals surface area contributed by atoms with E-state index in [0.717, 1.165) is 12.8 Å². The third-order valence-corrected chi connectivity index (χ3v) is 4.31. The number of aryl methyl sites for hydroxylation is 3. The number of carbonyl (C=O) groups is 1. The van der Waals surface area contributed by atoms with E-state index < -0.39 is 0 Å². The molecule has 0 saturated carbocycles. The van der Waals surface area contributed by atoms with Gasteiger partial charge in [-0.05, 0) is 37.3 Å². The summed E-state index contributed by atoms with van der Waals surface area (Å²) in [6.07, 6.45) is 4.57. The predicted octanol–water partition coefficient (Wildman–Crippen LogP) is 2.68. The third kappa shape index (κ3) is 2.68. The molecule has 1 aliphatic carbocycles. The van der Waals surface area contributed by atoms with E-state index >= 15 is 0 Å². The molecular formula is C13H14N2O3S. The molecule has 2 aromatic rings. The molecule has 6 heteroatoms. The molecule has 0 unspecified atom stereocenters. The highest BCUT2D eigenvalue weighted by Gasteiger charge is 2.18. The summed E-state index contributed by atoms with van der Waals surface area (Å²) in [5.74, 6) is 0.486. The molecule has 0 aromatic carbocycles. The van der Waals surface area contributed by atoms with Crippen LogP contribution in [0.1, 0.15) is 44.7 Å². The molecule has 19 heavy (non-hydrogen) atoms. The molecule has 0 fully saturated rings. The molecule has 0 spiro atoms. The lowest BCUT2D eigenvalue weighted by Crippen LogP contribution is -2.03. The third-order valence-electron chi connectivity index (χ3n) is 3.09. The maximum Gasteiger partial charge on any atom is 0.348 e. The molecule has 0 aliphatic heterocycles. The minimum Gasteiger partial charge on any atom is -0.451 e. The number of aromatic nitrogens is 2. The molecule has 1 aliphatic rings. The van der Waals surface area contributed by atoms with Gasteiger partial charge in [0.25, 0.3) is 5.89 Å². The minimum absolute atomic E-state index is 0.0300. The average Bonchev–Trinajstić information content (AvgIpc) is 3.01. The molecule has 0 saturated heterocycles. The first-order valence-electron chi connectivity index (χ1n) is 6.30. The van der Waals surface area contributed by atoms with Gasteiger partial charge in [0, 0.05) is 11.8 Å². The topological polar surface area (TPSA) is 65.2 Å². The molecule has 2 aromatic heterocycles. The van der Waals surface area contributed by atoms with Crippen molar-refractivity contribution in [1.29, 1.82) is 0 Å². The fourth-order valence-electron chi connectivity index (χ4n) is 2.19. The summed E-state index contributed by atoms with van der Waals surface area (Å²) in [5.41, 5.74) is 1.30. The highest BCUT2D eigenvalue weighted by Crippen LogP contribution is 2.30. The average molecular weight is 278 g/mol. The number of ether oxygens (including phenoxy) is 1. The summed E-state index contributed by atoms with van der Waals surface area (Å²) in [5, 5.41) is 7.47. The van der Waals surface area contributed by atoms with E-state index in [1.807, 2.05) is 6.07 Å². The lowest BCUT2D eigenvalue weighted by molar-refractivity contribution is 0.0442. The van der Waals surface area contributed by atoms with Crippen LogP contribution in [0.2, 0.25) is 0 Å². The smallest absolute Gasteiger partial charge is 0.348 e. The Hall–Kier alpha value is -1.69. The summed E-state index contributed by atoms with van der Waals surface area (Å²) in [7, 11) is 0. The summed E-state index contributed by atoms with van der Waals surface area (Å²) < 4.78 is 10.3. The van der Waals surface area contributed by atoms with Crippen molar-refractivity contribution >= 4 is 17.3 Å². The Morgan fingerprint density at radius 1 is 1.42 bits per heavy atom. The summed E-state index contributed by atoms with van der Waals surface area (Å²) in [6, 6.07) is 1.96. The molecule has 100 valence electrons. The first-order valence-corrected chi connectivity index (χ1v) is 7.12. The molecule has 0 atom stereocenters. The van der Waals surface area contributed by atoms with Crippen LogP contribution in [-0.2, 0) is 24.2 Å². The van der Waals surface area contributed by atoms with Gasteiger partial charge in [0.05, 0.1) is 0 Å². The fourth-order valence-corrected chi connectivity index (χ4v) is 3.33. The zero-order chi connectivity index (χ0) is 13.2. The Kier molecular flexibility index (Phi) is 3.33. The van der Waals surface area contributed by atoms with Gasteiger partial charge >= 0.3 is 5.97 Å². The number of hydrogen-bond acceptors (Lipinski definition) is 6. The van der Waals surface area contributed by atoms with E-state index in [1.165, 1.54) is 23.3 Å². The molecular weight excluding hydrogens is 264 g/mol. The Morgan fingerprint density at radius 3 is 3.00 bits per heavy atom. The standard InChI is InChI=1S/C13H14N2O3S/c1-8-14-15-12(18-8)7-17-13(16)11-6-9-4-2-3-5-10(9)19-11/h6H,2-5,7H2,1H3. The van der Waals surface area contributed by atoms with Crippen molar-refractivity contribution in [2.75, 3.05) is 0 Å².